The zero-order valence-electron chi connectivity index (χ0n) is 18.3. The van der Waals surface area contributed by atoms with Gasteiger partial charge >= 0.3 is 0 Å². The highest BCUT2D eigenvalue weighted by Crippen LogP contribution is 2.32. The number of rotatable bonds is 5. The van der Waals surface area contributed by atoms with Crippen molar-refractivity contribution in [2.24, 2.45) is 0 Å². The van der Waals surface area contributed by atoms with E-state index in [1.54, 1.807) is 7.11 Å². The van der Waals surface area contributed by atoms with Crippen molar-refractivity contribution >= 4 is 11.6 Å². The molecule has 3 aromatic carbocycles. The quantitative estimate of drug-likeness (QED) is 0.418. The molecule has 0 spiro atoms. The molecule has 0 aliphatic heterocycles. The minimum absolute atomic E-state index is 0.125. The third-order valence-corrected chi connectivity index (χ3v) is 5.64. The fourth-order valence-electron chi connectivity index (χ4n) is 3.76. The molecule has 0 aliphatic rings. The van der Waals surface area contributed by atoms with Gasteiger partial charge in [-0.05, 0) is 74.4 Å². The molecule has 156 valence electrons. The Kier molecular flexibility index (Phi) is 5.63. The van der Waals surface area contributed by atoms with E-state index >= 15 is 0 Å². The minimum atomic E-state index is -0.125. The molecule has 4 heteroatoms. The Morgan fingerprint density at radius 3 is 2.32 bits per heavy atom. The van der Waals surface area contributed by atoms with Gasteiger partial charge in [-0.1, -0.05) is 36.4 Å². The van der Waals surface area contributed by atoms with Gasteiger partial charge in [0.05, 0.1) is 18.4 Å². The van der Waals surface area contributed by atoms with Crippen molar-refractivity contribution in [1.82, 2.24) is 4.57 Å². The highest BCUT2D eigenvalue weighted by Gasteiger charge is 2.20. The Hall–Kier alpha value is -3.79. The second kappa shape index (κ2) is 8.52. The Morgan fingerprint density at radius 2 is 1.61 bits per heavy atom. The molecule has 0 saturated heterocycles. The Morgan fingerprint density at radius 1 is 0.839 bits per heavy atom. The number of aromatic nitrogens is 1. The lowest BCUT2D eigenvalue weighted by atomic mass is 10.1. The maximum atomic E-state index is 13.2. The molecule has 1 heterocycles. The maximum absolute atomic E-state index is 13.2. The fourth-order valence-corrected chi connectivity index (χ4v) is 3.76. The van der Waals surface area contributed by atoms with Gasteiger partial charge in [0, 0.05) is 22.6 Å². The number of nitrogens with zero attached hydrogens (tertiary/aromatic N) is 1. The molecule has 0 atom stereocenters. The van der Waals surface area contributed by atoms with E-state index in [1.807, 2.05) is 92.7 Å². The molecular formula is C27H26N2O2. The Balaban J connectivity index is 1.81. The fraction of sp³-hybridized carbons (Fsp3) is 0.148. The number of nitrogens with one attached hydrogen (secondary N) is 1. The largest absolute Gasteiger partial charge is 0.497 e. The Labute approximate surface area is 183 Å². The van der Waals surface area contributed by atoms with Crippen LogP contribution in [0.5, 0.6) is 5.75 Å². The lowest BCUT2D eigenvalue weighted by molar-refractivity contribution is 0.102. The van der Waals surface area contributed by atoms with Crippen molar-refractivity contribution in [2.45, 2.75) is 20.8 Å². The molecular weight excluding hydrogens is 384 g/mol. The van der Waals surface area contributed by atoms with Crippen molar-refractivity contribution in [3.05, 3.63) is 101 Å². The second-order valence-corrected chi connectivity index (χ2v) is 7.68. The molecule has 0 bridgehead atoms. The van der Waals surface area contributed by atoms with E-state index in [4.69, 9.17) is 4.74 Å². The lowest BCUT2D eigenvalue weighted by Crippen LogP contribution is -2.13. The first-order valence-electron chi connectivity index (χ1n) is 10.3. The summed E-state index contributed by atoms with van der Waals surface area (Å²) in [6.45, 7) is 6.08. The number of methoxy groups -OCH3 is 1. The monoisotopic (exact) mass is 410 g/mol. The predicted molar refractivity (Wildman–Crippen MR) is 126 cm³/mol. The molecule has 0 saturated carbocycles. The first-order valence-corrected chi connectivity index (χ1v) is 10.3. The highest BCUT2D eigenvalue weighted by molar-refractivity contribution is 6.06. The van der Waals surface area contributed by atoms with Crippen molar-refractivity contribution in [3.8, 4) is 22.7 Å². The van der Waals surface area contributed by atoms with Crippen molar-refractivity contribution in [1.29, 1.82) is 0 Å². The summed E-state index contributed by atoms with van der Waals surface area (Å²) in [7, 11) is 1.66. The number of ether oxygens (including phenoxy) is 1. The van der Waals surface area contributed by atoms with Crippen LogP contribution < -0.4 is 10.1 Å². The molecule has 31 heavy (non-hydrogen) atoms. The molecule has 0 aliphatic carbocycles. The zero-order chi connectivity index (χ0) is 22.0. The van der Waals surface area contributed by atoms with Gasteiger partial charge in [-0.3, -0.25) is 4.79 Å². The van der Waals surface area contributed by atoms with E-state index in [0.717, 1.165) is 39.6 Å². The average molecular weight is 411 g/mol. The average Bonchev–Trinajstić information content (AvgIpc) is 3.14. The summed E-state index contributed by atoms with van der Waals surface area (Å²) in [5, 5.41) is 3.06. The van der Waals surface area contributed by atoms with E-state index in [0.29, 0.717) is 5.56 Å². The molecule has 1 aromatic heterocycles. The molecule has 0 unspecified atom stereocenters. The van der Waals surface area contributed by atoms with Gasteiger partial charge in [0.2, 0.25) is 0 Å². The van der Waals surface area contributed by atoms with Crippen LogP contribution in [0.3, 0.4) is 0 Å². The van der Waals surface area contributed by atoms with Crippen molar-refractivity contribution in [2.75, 3.05) is 12.4 Å². The molecule has 0 fully saturated rings. The van der Waals surface area contributed by atoms with Gasteiger partial charge < -0.3 is 14.6 Å². The van der Waals surface area contributed by atoms with Crippen LogP contribution in [0.4, 0.5) is 5.69 Å². The van der Waals surface area contributed by atoms with Crippen LogP contribution >= 0.6 is 0 Å². The predicted octanol–water partition coefficient (Wildman–Crippen LogP) is 6.33. The topological polar surface area (TPSA) is 43.3 Å². The van der Waals surface area contributed by atoms with Crippen molar-refractivity contribution < 1.29 is 9.53 Å². The first kappa shape index (κ1) is 20.5. The summed E-state index contributed by atoms with van der Waals surface area (Å²) < 4.78 is 7.53. The third-order valence-electron chi connectivity index (χ3n) is 5.64. The summed E-state index contributed by atoms with van der Waals surface area (Å²) >= 11 is 0. The first-order chi connectivity index (χ1) is 15.0. The number of carbonyl (C=O) groups is 1. The lowest BCUT2D eigenvalue weighted by Gasteiger charge is -2.13. The van der Waals surface area contributed by atoms with Gasteiger partial charge in [0.1, 0.15) is 5.75 Å². The van der Waals surface area contributed by atoms with Gasteiger partial charge in [-0.15, -0.1) is 0 Å². The van der Waals surface area contributed by atoms with E-state index in [1.165, 1.54) is 5.56 Å². The number of hydrogen-bond acceptors (Lipinski definition) is 2. The van der Waals surface area contributed by atoms with Gasteiger partial charge in [-0.25, -0.2) is 0 Å². The minimum Gasteiger partial charge on any atom is -0.497 e. The standard InChI is InChI=1S/C27H26N2O2/c1-18-13-14-22(15-19(18)2)28-27(30)25-17-26(21-9-8-12-24(16-21)31-4)29(20(25)3)23-10-6-5-7-11-23/h5-17H,1-4H3,(H,28,30). The summed E-state index contributed by atoms with van der Waals surface area (Å²) in [5.41, 5.74) is 7.58. The number of aryl methyl sites for hydroxylation is 2. The second-order valence-electron chi connectivity index (χ2n) is 7.68. The van der Waals surface area contributed by atoms with E-state index in [9.17, 15) is 4.79 Å². The molecule has 1 N–H and O–H groups in total. The van der Waals surface area contributed by atoms with Crippen LogP contribution in [0.2, 0.25) is 0 Å². The summed E-state index contributed by atoms with van der Waals surface area (Å²) in [6.07, 6.45) is 0. The summed E-state index contributed by atoms with van der Waals surface area (Å²) in [5.74, 6) is 0.650. The number of para-hydroxylation sites is 1. The normalized spacial score (nSPS) is 10.7. The van der Waals surface area contributed by atoms with E-state index in [-0.39, 0.29) is 5.91 Å². The van der Waals surface area contributed by atoms with Crippen LogP contribution in [0, 0.1) is 20.8 Å². The zero-order valence-corrected chi connectivity index (χ0v) is 18.3. The molecule has 1 amide bonds. The van der Waals surface area contributed by atoms with Crippen LogP contribution in [0.25, 0.3) is 16.9 Å². The number of hydrogen-bond donors (Lipinski definition) is 1. The van der Waals surface area contributed by atoms with Crippen LogP contribution in [0.15, 0.2) is 78.9 Å². The molecule has 4 nitrogen and oxygen atoms in total. The van der Waals surface area contributed by atoms with Crippen LogP contribution in [-0.2, 0) is 0 Å². The molecule has 4 rings (SSSR count). The number of amides is 1. The Bertz CT molecular complexity index is 1240. The van der Waals surface area contributed by atoms with Crippen LogP contribution in [0.1, 0.15) is 27.2 Å². The SMILES string of the molecule is COc1cccc(-c2cc(C(=O)Nc3ccc(C)c(C)c3)c(C)n2-c2ccccc2)c1. The van der Waals surface area contributed by atoms with Crippen molar-refractivity contribution in [3.63, 3.8) is 0 Å². The third kappa shape index (κ3) is 4.10. The molecule has 4 aromatic rings. The molecule has 0 radical (unpaired) electrons. The van der Waals surface area contributed by atoms with Gasteiger partial charge in [0.25, 0.3) is 5.91 Å². The summed E-state index contributed by atoms with van der Waals surface area (Å²) in [6, 6.07) is 25.9. The summed E-state index contributed by atoms with van der Waals surface area (Å²) in [4.78, 5) is 13.2. The number of benzene rings is 3. The van der Waals surface area contributed by atoms with Gasteiger partial charge in [-0.2, -0.15) is 0 Å². The maximum Gasteiger partial charge on any atom is 0.257 e. The van der Waals surface area contributed by atoms with E-state index in [2.05, 4.69) is 16.8 Å². The smallest absolute Gasteiger partial charge is 0.257 e. The van der Waals surface area contributed by atoms with Gasteiger partial charge in [0.15, 0.2) is 0 Å². The van der Waals surface area contributed by atoms with E-state index < -0.39 is 0 Å². The highest BCUT2D eigenvalue weighted by atomic mass is 16.5. The number of carbonyl (C=O) groups excluding carboxylic acids is 1. The number of anilines is 1. The van der Waals surface area contributed by atoms with Crippen LogP contribution in [-0.4, -0.2) is 17.6 Å².